The molecule has 6 heteroatoms. The zero-order chi connectivity index (χ0) is 18.9. The lowest BCUT2D eigenvalue weighted by atomic mass is 10.1. The van der Waals surface area contributed by atoms with Crippen molar-refractivity contribution in [2.45, 2.75) is 6.04 Å². The van der Waals surface area contributed by atoms with Crippen LogP contribution in [0.1, 0.15) is 11.6 Å². The Morgan fingerprint density at radius 3 is 2.23 bits per heavy atom. The Morgan fingerprint density at radius 1 is 1.00 bits per heavy atom. The lowest BCUT2D eigenvalue weighted by Crippen LogP contribution is -2.36. The molecular weight excluding hydrogens is 332 g/mol. The minimum Gasteiger partial charge on any atom is -0.497 e. The Balaban J connectivity index is 1.90. The summed E-state index contributed by atoms with van der Waals surface area (Å²) >= 11 is 0. The summed E-state index contributed by atoms with van der Waals surface area (Å²) in [4.78, 5) is 14.2. The summed E-state index contributed by atoms with van der Waals surface area (Å²) in [5.41, 5.74) is 1.10. The van der Waals surface area contributed by atoms with E-state index in [1.807, 2.05) is 50.5 Å². The summed E-state index contributed by atoms with van der Waals surface area (Å²) in [7, 11) is 7.16. The molecule has 1 atom stereocenters. The van der Waals surface area contributed by atoms with E-state index in [2.05, 4.69) is 10.2 Å². The number of hydrogen-bond donors (Lipinski definition) is 1. The first-order valence-electron chi connectivity index (χ1n) is 8.38. The third-order valence-corrected chi connectivity index (χ3v) is 4.04. The standard InChI is InChI=1S/C20H26N2O4/c1-22(2)17(15-9-11-16(24-3)12-10-15)13-21-20(23)14-26-19-8-6-5-7-18(19)25-4/h5-12,17H,13-14H2,1-4H3,(H,21,23). The number of amides is 1. The number of nitrogens with zero attached hydrogens (tertiary/aromatic N) is 1. The van der Waals surface area contributed by atoms with E-state index >= 15 is 0 Å². The van der Waals surface area contributed by atoms with Crippen LogP contribution in [-0.2, 0) is 4.79 Å². The number of likely N-dealkylation sites (N-methyl/N-ethyl adjacent to an activating group) is 1. The Bertz CT molecular complexity index is 701. The van der Waals surface area contributed by atoms with Crippen LogP contribution in [0.2, 0.25) is 0 Å². The van der Waals surface area contributed by atoms with Gasteiger partial charge in [-0.15, -0.1) is 0 Å². The molecule has 0 spiro atoms. The summed E-state index contributed by atoms with van der Waals surface area (Å²) in [6.07, 6.45) is 0. The zero-order valence-corrected chi connectivity index (χ0v) is 15.7. The molecule has 0 saturated heterocycles. The minimum atomic E-state index is -0.184. The number of carbonyl (C=O) groups excluding carboxylic acids is 1. The first-order chi connectivity index (χ1) is 12.5. The molecular formula is C20H26N2O4. The van der Waals surface area contributed by atoms with Crippen LogP contribution in [0.15, 0.2) is 48.5 Å². The largest absolute Gasteiger partial charge is 0.497 e. The maximum absolute atomic E-state index is 12.2. The molecule has 2 rings (SSSR count). The van der Waals surface area contributed by atoms with Crippen LogP contribution < -0.4 is 19.5 Å². The molecule has 26 heavy (non-hydrogen) atoms. The van der Waals surface area contributed by atoms with Crippen LogP contribution in [-0.4, -0.2) is 52.3 Å². The Kier molecular flexibility index (Phi) is 7.29. The molecule has 0 aromatic heterocycles. The lowest BCUT2D eigenvalue weighted by molar-refractivity contribution is -0.123. The monoisotopic (exact) mass is 358 g/mol. The molecule has 0 radical (unpaired) electrons. The summed E-state index contributed by atoms with van der Waals surface area (Å²) in [5.74, 6) is 1.77. The second kappa shape index (κ2) is 9.68. The number of ether oxygens (including phenoxy) is 3. The van der Waals surface area contributed by atoms with Crippen LogP contribution >= 0.6 is 0 Å². The fourth-order valence-electron chi connectivity index (χ4n) is 2.57. The van der Waals surface area contributed by atoms with E-state index in [0.717, 1.165) is 11.3 Å². The van der Waals surface area contributed by atoms with Crippen molar-refractivity contribution in [3.05, 3.63) is 54.1 Å². The van der Waals surface area contributed by atoms with E-state index in [0.29, 0.717) is 18.0 Å². The van der Waals surface area contributed by atoms with E-state index in [1.165, 1.54) is 0 Å². The highest BCUT2D eigenvalue weighted by molar-refractivity contribution is 5.77. The van der Waals surface area contributed by atoms with Crippen molar-refractivity contribution in [1.82, 2.24) is 10.2 Å². The van der Waals surface area contributed by atoms with Crippen LogP contribution in [0, 0.1) is 0 Å². The number of hydrogen-bond acceptors (Lipinski definition) is 5. The van der Waals surface area contributed by atoms with Crippen LogP contribution in [0.3, 0.4) is 0 Å². The quantitative estimate of drug-likeness (QED) is 0.746. The number of rotatable bonds is 9. The summed E-state index contributed by atoms with van der Waals surface area (Å²) in [5, 5.41) is 2.92. The molecule has 1 N–H and O–H groups in total. The van der Waals surface area contributed by atoms with Gasteiger partial charge in [-0.3, -0.25) is 4.79 Å². The maximum Gasteiger partial charge on any atom is 0.258 e. The minimum absolute atomic E-state index is 0.0520. The van der Waals surface area contributed by atoms with Gasteiger partial charge in [0.2, 0.25) is 0 Å². The molecule has 6 nitrogen and oxygen atoms in total. The highest BCUT2D eigenvalue weighted by Crippen LogP contribution is 2.25. The summed E-state index contributed by atoms with van der Waals surface area (Å²) in [6.45, 7) is 0.413. The zero-order valence-electron chi connectivity index (χ0n) is 15.7. The van der Waals surface area contributed by atoms with Gasteiger partial charge in [0.15, 0.2) is 18.1 Å². The van der Waals surface area contributed by atoms with E-state index < -0.39 is 0 Å². The normalized spacial score (nSPS) is 11.7. The van der Waals surface area contributed by atoms with Crippen molar-refractivity contribution in [3.8, 4) is 17.2 Å². The van der Waals surface area contributed by atoms with Crippen molar-refractivity contribution in [1.29, 1.82) is 0 Å². The Morgan fingerprint density at radius 2 is 1.65 bits per heavy atom. The van der Waals surface area contributed by atoms with Crippen molar-refractivity contribution in [2.24, 2.45) is 0 Å². The van der Waals surface area contributed by atoms with E-state index in [9.17, 15) is 4.79 Å². The summed E-state index contributed by atoms with van der Waals surface area (Å²) in [6, 6.07) is 15.1. The molecule has 2 aromatic carbocycles. The predicted molar refractivity (Wildman–Crippen MR) is 101 cm³/mol. The van der Waals surface area contributed by atoms with Gasteiger partial charge in [-0.2, -0.15) is 0 Å². The topological polar surface area (TPSA) is 60.0 Å². The molecule has 0 aliphatic rings. The van der Waals surface area contributed by atoms with Crippen LogP contribution in [0.25, 0.3) is 0 Å². The van der Waals surface area contributed by atoms with Crippen LogP contribution in [0.4, 0.5) is 0 Å². The number of nitrogens with one attached hydrogen (secondary N) is 1. The number of methoxy groups -OCH3 is 2. The fourth-order valence-corrected chi connectivity index (χ4v) is 2.57. The average molecular weight is 358 g/mol. The average Bonchev–Trinajstić information content (AvgIpc) is 2.67. The number of carbonyl (C=O) groups is 1. The molecule has 1 amide bonds. The van der Waals surface area contributed by atoms with Gasteiger partial charge in [0.05, 0.1) is 20.3 Å². The maximum atomic E-state index is 12.2. The van der Waals surface area contributed by atoms with Gasteiger partial charge >= 0.3 is 0 Å². The van der Waals surface area contributed by atoms with Crippen molar-refractivity contribution in [2.75, 3.05) is 41.5 Å². The first kappa shape index (κ1) is 19.6. The van der Waals surface area contributed by atoms with Gasteiger partial charge in [-0.25, -0.2) is 0 Å². The number of benzene rings is 2. The SMILES string of the molecule is COc1ccc(C(CNC(=O)COc2ccccc2OC)N(C)C)cc1. The molecule has 0 aliphatic carbocycles. The van der Waals surface area contributed by atoms with Gasteiger partial charge in [-0.05, 0) is 43.9 Å². The third kappa shape index (κ3) is 5.39. The molecule has 0 bridgehead atoms. The molecule has 1 unspecified atom stereocenters. The second-order valence-corrected chi connectivity index (χ2v) is 6.00. The lowest BCUT2D eigenvalue weighted by Gasteiger charge is -2.25. The molecule has 0 heterocycles. The highest BCUT2D eigenvalue weighted by atomic mass is 16.5. The predicted octanol–water partition coefficient (Wildman–Crippen LogP) is 2.50. The number of para-hydroxylation sites is 2. The molecule has 140 valence electrons. The van der Waals surface area contributed by atoms with E-state index in [-0.39, 0.29) is 18.6 Å². The van der Waals surface area contributed by atoms with Gasteiger partial charge in [-0.1, -0.05) is 24.3 Å². The molecule has 0 aliphatic heterocycles. The molecule has 2 aromatic rings. The fraction of sp³-hybridized carbons (Fsp3) is 0.350. The Hall–Kier alpha value is -2.73. The van der Waals surface area contributed by atoms with Crippen molar-refractivity contribution < 1.29 is 19.0 Å². The molecule has 0 saturated carbocycles. The van der Waals surface area contributed by atoms with Gasteiger partial charge in [0.25, 0.3) is 5.91 Å². The van der Waals surface area contributed by atoms with Gasteiger partial charge in [0, 0.05) is 6.54 Å². The van der Waals surface area contributed by atoms with Gasteiger partial charge in [0.1, 0.15) is 5.75 Å². The Labute approximate surface area is 154 Å². The van der Waals surface area contributed by atoms with Crippen molar-refractivity contribution >= 4 is 5.91 Å². The van der Waals surface area contributed by atoms with E-state index in [1.54, 1.807) is 26.4 Å². The van der Waals surface area contributed by atoms with E-state index in [4.69, 9.17) is 14.2 Å². The first-order valence-corrected chi connectivity index (χ1v) is 8.38. The third-order valence-electron chi connectivity index (χ3n) is 4.04. The highest BCUT2D eigenvalue weighted by Gasteiger charge is 2.16. The van der Waals surface area contributed by atoms with Gasteiger partial charge < -0.3 is 24.4 Å². The smallest absolute Gasteiger partial charge is 0.258 e. The van der Waals surface area contributed by atoms with Crippen LogP contribution in [0.5, 0.6) is 17.2 Å². The van der Waals surface area contributed by atoms with Crippen molar-refractivity contribution in [3.63, 3.8) is 0 Å². The second-order valence-electron chi connectivity index (χ2n) is 6.00. The molecule has 0 fully saturated rings. The summed E-state index contributed by atoms with van der Waals surface area (Å²) < 4.78 is 16.0.